The van der Waals surface area contributed by atoms with Crippen LogP contribution in [0.3, 0.4) is 0 Å². The van der Waals surface area contributed by atoms with Gasteiger partial charge in [0.1, 0.15) is 0 Å². The fourth-order valence-corrected chi connectivity index (χ4v) is 4.48. The Labute approximate surface area is 126 Å². The van der Waals surface area contributed by atoms with Crippen LogP contribution < -0.4 is 5.32 Å². The summed E-state index contributed by atoms with van der Waals surface area (Å²) >= 11 is 0. The molecule has 2 aliphatic rings. The van der Waals surface area contributed by atoms with Gasteiger partial charge in [0.2, 0.25) is 0 Å². The third kappa shape index (κ3) is 3.57. The molecule has 0 aromatic carbocycles. The molecule has 2 heteroatoms. The van der Waals surface area contributed by atoms with Crippen LogP contribution in [0, 0.1) is 5.92 Å². The van der Waals surface area contributed by atoms with Crippen molar-refractivity contribution in [2.45, 2.75) is 96.7 Å². The zero-order valence-electron chi connectivity index (χ0n) is 14.3. The molecule has 1 aliphatic carbocycles. The second kappa shape index (κ2) is 7.26. The van der Waals surface area contributed by atoms with Crippen molar-refractivity contribution >= 4 is 0 Å². The van der Waals surface area contributed by atoms with Gasteiger partial charge in [-0.15, -0.1) is 0 Å². The predicted molar refractivity (Wildman–Crippen MR) is 88.1 cm³/mol. The van der Waals surface area contributed by atoms with E-state index in [2.05, 4.69) is 37.9 Å². The molecule has 2 atom stereocenters. The third-order valence-electron chi connectivity index (χ3n) is 5.74. The zero-order valence-corrected chi connectivity index (χ0v) is 14.3. The molecule has 0 radical (unpaired) electrons. The summed E-state index contributed by atoms with van der Waals surface area (Å²) in [6.45, 7) is 12.0. The molecule has 2 rings (SSSR count). The van der Waals surface area contributed by atoms with E-state index in [4.69, 9.17) is 0 Å². The molecule has 1 aliphatic heterocycles. The van der Waals surface area contributed by atoms with Crippen molar-refractivity contribution < 1.29 is 0 Å². The molecule has 0 aromatic heterocycles. The molecule has 2 nitrogen and oxygen atoms in total. The first-order chi connectivity index (χ1) is 9.62. The van der Waals surface area contributed by atoms with E-state index in [0.717, 1.165) is 18.0 Å². The first-order valence-corrected chi connectivity index (χ1v) is 9.12. The van der Waals surface area contributed by atoms with Gasteiger partial charge in [0.15, 0.2) is 0 Å². The second-order valence-electron chi connectivity index (χ2n) is 7.56. The van der Waals surface area contributed by atoms with Crippen LogP contribution in [0.15, 0.2) is 0 Å². The lowest BCUT2D eigenvalue weighted by Gasteiger charge is -2.53. The maximum absolute atomic E-state index is 3.98. The first kappa shape index (κ1) is 16.3. The molecule has 1 spiro atoms. The Morgan fingerprint density at radius 2 is 1.85 bits per heavy atom. The standard InChI is InChI=1S/C18H36N2/c1-5-10-16(6-2)20-14-18(11-8-7-9-12-18)19-13-17(20)15(3)4/h15-17,19H,5-14H2,1-4H3. The van der Waals surface area contributed by atoms with Crippen molar-refractivity contribution in [3.63, 3.8) is 0 Å². The maximum Gasteiger partial charge on any atom is 0.0309 e. The Kier molecular flexibility index (Phi) is 5.92. The minimum Gasteiger partial charge on any atom is -0.308 e. The van der Waals surface area contributed by atoms with Crippen LogP contribution in [0.5, 0.6) is 0 Å². The highest BCUT2D eigenvalue weighted by atomic mass is 15.3. The number of nitrogens with one attached hydrogen (secondary N) is 1. The zero-order chi connectivity index (χ0) is 14.6. The van der Waals surface area contributed by atoms with Gasteiger partial charge in [0, 0.05) is 30.7 Å². The number of piperazine rings is 1. The van der Waals surface area contributed by atoms with Crippen molar-refractivity contribution in [3.8, 4) is 0 Å². The highest BCUT2D eigenvalue weighted by Gasteiger charge is 2.42. The molecule has 1 saturated heterocycles. The van der Waals surface area contributed by atoms with E-state index in [1.54, 1.807) is 0 Å². The molecule has 1 N–H and O–H groups in total. The van der Waals surface area contributed by atoms with Crippen LogP contribution >= 0.6 is 0 Å². The highest BCUT2D eigenvalue weighted by Crippen LogP contribution is 2.34. The van der Waals surface area contributed by atoms with Crippen LogP contribution in [0.1, 0.15) is 79.1 Å². The Bertz CT molecular complexity index is 281. The van der Waals surface area contributed by atoms with Crippen molar-refractivity contribution in [3.05, 3.63) is 0 Å². The minimum atomic E-state index is 0.449. The molecule has 1 heterocycles. The van der Waals surface area contributed by atoms with Crippen molar-refractivity contribution in [2.75, 3.05) is 13.1 Å². The summed E-state index contributed by atoms with van der Waals surface area (Å²) in [6.07, 6.45) is 11.1. The lowest BCUT2D eigenvalue weighted by molar-refractivity contribution is 0.00214. The summed E-state index contributed by atoms with van der Waals surface area (Å²) < 4.78 is 0. The minimum absolute atomic E-state index is 0.449. The topological polar surface area (TPSA) is 15.3 Å². The first-order valence-electron chi connectivity index (χ1n) is 9.12. The SMILES string of the molecule is CCCC(CC)N1CC2(CCCCC2)NCC1C(C)C. The molecule has 0 aromatic rings. The summed E-state index contributed by atoms with van der Waals surface area (Å²) in [5.74, 6) is 0.759. The van der Waals surface area contributed by atoms with Crippen LogP contribution in [-0.2, 0) is 0 Å². The summed E-state index contributed by atoms with van der Waals surface area (Å²) in [4.78, 5) is 2.90. The predicted octanol–water partition coefficient (Wildman–Crippen LogP) is 4.20. The fraction of sp³-hybridized carbons (Fsp3) is 1.00. The fourth-order valence-electron chi connectivity index (χ4n) is 4.48. The van der Waals surface area contributed by atoms with E-state index in [-0.39, 0.29) is 0 Å². The highest BCUT2D eigenvalue weighted by molar-refractivity contribution is 5.01. The van der Waals surface area contributed by atoms with Gasteiger partial charge in [-0.05, 0) is 31.6 Å². The molecule has 20 heavy (non-hydrogen) atoms. The van der Waals surface area contributed by atoms with E-state index in [0.29, 0.717) is 5.54 Å². The lowest BCUT2D eigenvalue weighted by Crippen LogP contribution is -2.67. The average molecular weight is 280 g/mol. The van der Waals surface area contributed by atoms with E-state index >= 15 is 0 Å². The van der Waals surface area contributed by atoms with Crippen LogP contribution in [0.4, 0.5) is 0 Å². The normalized spacial score (nSPS) is 28.9. The summed E-state index contributed by atoms with van der Waals surface area (Å²) in [7, 11) is 0. The largest absolute Gasteiger partial charge is 0.308 e. The van der Waals surface area contributed by atoms with Gasteiger partial charge in [-0.2, -0.15) is 0 Å². The van der Waals surface area contributed by atoms with Gasteiger partial charge < -0.3 is 5.32 Å². The maximum atomic E-state index is 3.98. The van der Waals surface area contributed by atoms with Gasteiger partial charge in [0.05, 0.1) is 0 Å². The van der Waals surface area contributed by atoms with Crippen molar-refractivity contribution in [2.24, 2.45) is 5.92 Å². The molecular weight excluding hydrogens is 244 g/mol. The van der Waals surface area contributed by atoms with Gasteiger partial charge in [0.25, 0.3) is 0 Å². The summed E-state index contributed by atoms with van der Waals surface area (Å²) in [5.41, 5.74) is 0.449. The Balaban J connectivity index is 2.12. The Hall–Kier alpha value is -0.0800. The van der Waals surface area contributed by atoms with Gasteiger partial charge >= 0.3 is 0 Å². The monoisotopic (exact) mass is 280 g/mol. The summed E-state index contributed by atoms with van der Waals surface area (Å²) in [6, 6.07) is 1.53. The van der Waals surface area contributed by atoms with Crippen molar-refractivity contribution in [1.82, 2.24) is 10.2 Å². The van der Waals surface area contributed by atoms with Gasteiger partial charge in [-0.1, -0.05) is 53.4 Å². The summed E-state index contributed by atoms with van der Waals surface area (Å²) in [5, 5.41) is 3.98. The van der Waals surface area contributed by atoms with Crippen LogP contribution in [-0.4, -0.2) is 35.6 Å². The van der Waals surface area contributed by atoms with Gasteiger partial charge in [-0.3, -0.25) is 4.90 Å². The van der Waals surface area contributed by atoms with E-state index in [9.17, 15) is 0 Å². The number of nitrogens with zero attached hydrogens (tertiary/aromatic N) is 1. The van der Waals surface area contributed by atoms with E-state index in [1.165, 1.54) is 64.5 Å². The number of hydrogen-bond donors (Lipinski definition) is 1. The molecule has 2 unspecified atom stereocenters. The second-order valence-corrected chi connectivity index (χ2v) is 7.56. The Morgan fingerprint density at radius 3 is 2.40 bits per heavy atom. The molecule has 1 saturated carbocycles. The average Bonchev–Trinajstić information content (AvgIpc) is 2.45. The quantitative estimate of drug-likeness (QED) is 0.812. The molecule has 0 amide bonds. The lowest BCUT2D eigenvalue weighted by atomic mass is 9.78. The van der Waals surface area contributed by atoms with Crippen molar-refractivity contribution in [1.29, 1.82) is 0 Å². The van der Waals surface area contributed by atoms with E-state index in [1.807, 2.05) is 0 Å². The number of hydrogen-bond acceptors (Lipinski definition) is 2. The molecule has 118 valence electrons. The smallest absolute Gasteiger partial charge is 0.0309 e. The third-order valence-corrected chi connectivity index (χ3v) is 5.74. The van der Waals surface area contributed by atoms with E-state index < -0.39 is 0 Å². The molecule has 0 bridgehead atoms. The van der Waals surface area contributed by atoms with Gasteiger partial charge in [-0.25, -0.2) is 0 Å². The molecule has 2 fully saturated rings. The molecular formula is C18H36N2. The number of rotatable bonds is 5. The Morgan fingerprint density at radius 1 is 1.15 bits per heavy atom. The van der Waals surface area contributed by atoms with Crippen LogP contribution in [0.2, 0.25) is 0 Å². The van der Waals surface area contributed by atoms with Crippen LogP contribution in [0.25, 0.3) is 0 Å².